The van der Waals surface area contributed by atoms with E-state index in [-0.39, 0.29) is 19.0 Å². The van der Waals surface area contributed by atoms with Crippen LogP contribution in [-0.4, -0.2) is 72.1 Å². The number of rotatable bonds is 12. The Morgan fingerprint density at radius 1 is 0.600 bits per heavy atom. The summed E-state index contributed by atoms with van der Waals surface area (Å²) >= 11 is 35.4. The predicted octanol–water partition coefficient (Wildman–Crippen LogP) is 10.6. The van der Waals surface area contributed by atoms with Crippen LogP contribution in [0.4, 0.5) is 0 Å². The maximum absolute atomic E-state index is 12.2. The number of aliphatic carboxylic acids is 1. The Balaban J connectivity index is 0.000000203. The third-order valence-electron chi connectivity index (χ3n) is 9.03. The molecule has 4 aromatic rings. The number of nitrogens with two attached hydrogens (primary N) is 1. The van der Waals surface area contributed by atoms with Gasteiger partial charge in [0.15, 0.2) is 12.4 Å². The van der Waals surface area contributed by atoms with E-state index in [1.165, 1.54) is 5.56 Å². The van der Waals surface area contributed by atoms with Crippen molar-refractivity contribution >= 4 is 81.4 Å². The third kappa shape index (κ3) is 17.1. The van der Waals surface area contributed by atoms with E-state index >= 15 is 0 Å². The SMILES string of the molecule is NC1CCN(Cc2ccc(Cl)c(Cl)c2)CC1.O=C(COc1ccc(Cl)cc1)CC1CCN(Cc2ccc(Cl)c(Cl)c2)CC1.O=C(O)COc1ccc(Cl)cc1. The van der Waals surface area contributed by atoms with Gasteiger partial charge in [0.1, 0.15) is 18.1 Å². The van der Waals surface area contributed by atoms with Crippen molar-refractivity contribution in [2.24, 2.45) is 11.7 Å². The van der Waals surface area contributed by atoms with Crippen LogP contribution in [0.1, 0.15) is 43.2 Å². The first-order chi connectivity index (χ1) is 26.3. The molecule has 0 aliphatic carbocycles. The molecule has 2 aliphatic heterocycles. The van der Waals surface area contributed by atoms with Gasteiger partial charge < -0.3 is 20.3 Å². The summed E-state index contributed by atoms with van der Waals surface area (Å²) in [6.45, 7) is 5.68. The van der Waals surface area contributed by atoms with E-state index in [4.69, 9.17) is 89.9 Å². The summed E-state index contributed by atoms with van der Waals surface area (Å²) in [6, 6.07) is 25.6. The van der Waals surface area contributed by atoms with E-state index in [1.54, 1.807) is 48.5 Å². The summed E-state index contributed by atoms with van der Waals surface area (Å²) < 4.78 is 10.4. The Morgan fingerprint density at radius 2 is 1.02 bits per heavy atom. The smallest absolute Gasteiger partial charge is 0.341 e. The van der Waals surface area contributed by atoms with Crippen molar-refractivity contribution in [1.82, 2.24) is 9.80 Å². The fraction of sp³-hybridized carbons (Fsp3) is 0.366. The van der Waals surface area contributed by atoms with Gasteiger partial charge in [-0.2, -0.15) is 0 Å². The second-order valence-electron chi connectivity index (χ2n) is 13.5. The van der Waals surface area contributed by atoms with Gasteiger partial charge in [-0.3, -0.25) is 14.6 Å². The quantitative estimate of drug-likeness (QED) is 0.145. The number of piperidine rings is 2. The van der Waals surface area contributed by atoms with Crippen LogP contribution in [0, 0.1) is 5.92 Å². The van der Waals surface area contributed by atoms with Gasteiger partial charge in [0.25, 0.3) is 0 Å². The lowest BCUT2D eigenvalue weighted by molar-refractivity contribution is -0.139. The molecule has 2 saturated heterocycles. The van der Waals surface area contributed by atoms with Crippen molar-refractivity contribution in [2.75, 3.05) is 39.4 Å². The molecule has 2 heterocycles. The number of carboxylic acid groups (broad SMARTS) is 1. The Morgan fingerprint density at radius 3 is 1.44 bits per heavy atom. The van der Waals surface area contributed by atoms with Crippen LogP contribution in [0.3, 0.4) is 0 Å². The molecule has 2 fully saturated rings. The van der Waals surface area contributed by atoms with Crippen molar-refractivity contribution < 1.29 is 24.2 Å². The number of hydrogen-bond donors (Lipinski definition) is 2. The summed E-state index contributed by atoms with van der Waals surface area (Å²) in [5.74, 6) is 0.750. The number of likely N-dealkylation sites (tertiary alicyclic amines) is 2. The fourth-order valence-electron chi connectivity index (χ4n) is 6.00. The number of nitrogens with zero attached hydrogens (tertiary/aromatic N) is 2. The van der Waals surface area contributed by atoms with Crippen LogP contribution in [0.25, 0.3) is 0 Å². The molecule has 0 atom stereocenters. The van der Waals surface area contributed by atoms with Gasteiger partial charge in [0.2, 0.25) is 0 Å². The fourth-order valence-corrected chi connectivity index (χ4v) is 6.90. The average Bonchev–Trinajstić information content (AvgIpc) is 3.16. The molecular weight excluding hydrogens is 827 g/mol. The Kier molecular flexibility index (Phi) is 19.2. The second kappa shape index (κ2) is 23.5. The van der Waals surface area contributed by atoms with E-state index in [1.807, 2.05) is 36.4 Å². The van der Waals surface area contributed by atoms with Crippen LogP contribution in [0.5, 0.6) is 11.5 Å². The summed E-state index contributed by atoms with van der Waals surface area (Å²) in [7, 11) is 0. The zero-order valence-corrected chi connectivity index (χ0v) is 34.8. The van der Waals surface area contributed by atoms with E-state index in [2.05, 4.69) is 9.80 Å². The first-order valence-electron chi connectivity index (χ1n) is 17.9. The van der Waals surface area contributed by atoms with Gasteiger partial charge in [0.05, 0.1) is 20.1 Å². The normalized spacial score (nSPS) is 15.3. The molecule has 2 aliphatic rings. The molecule has 6 rings (SSSR count). The van der Waals surface area contributed by atoms with Crippen LogP contribution in [0.2, 0.25) is 30.1 Å². The van der Waals surface area contributed by atoms with E-state index < -0.39 is 5.97 Å². The minimum absolute atomic E-state index is 0.116. The molecule has 4 aromatic carbocycles. The van der Waals surface area contributed by atoms with Crippen molar-refractivity contribution in [1.29, 1.82) is 0 Å². The molecule has 14 heteroatoms. The zero-order chi connectivity index (χ0) is 39.7. The number of halogens is 6. The second-order valence-corrected chi connectivity index (χ2v) is 16.0. The van der Waals surface area contributed by atoms with Gasteiger partial charge in [-0.25, -0.2) is 4.79 Å². The molecule has 0 radical (unpaired) electrons. The largest absolute Gasteiger partial charge is 0.486 e. The number of Topliss-reactive ketones (excluding diaryl/α,β-unsaturated/α-hetero) is 1. The molecule has 0 aromatic heterocycles. The molecule has 0 unspecified atom stereocenters. The van der Waals surface area contributed by atoms with Crippen molar-refractivity contribution in [3.8, 4) is 11.5 Å². The molecule has 8 nitrogen and oxygen atoms in total. The Hall–Kier alpha value is -2.76. The number of ketones is 1. The minimum atomic E-state index is -0.995. The highest BCUT2D eigenvalue weighted by molar-refractivity contribution is 6.42. The van der Waals surface area contributed by atoms with Gasteiger partial charge >= 0.3 is 5.97 Å². The lowest BCUT2D eigenvalue weighted by Crippen LogP contribution is -2.39. The first-order valence-corrected chi connectivity index (χ1v) is 20.2. The standard InChI is InChI=1S/C21H22Cl3NO2.C12H16Cl2N2.C8H7ClO3/c22-17-2-4-19(5-3-17)27-14-18(26)11-15-7-9-25(10-8-15)13-16-1-6-20(23)21(24)12-16;13-11-2-1-9(7-12(11)14)8-16-5-3-10(15)4-6-16;9-6-1-3-7(4-2-6)12-5-8(10)11/h1-6,12,15H,7-11,13-14H2;1-2,7,10H,3-6,8,15H2;1-4H,5H2,(H,10,11). The number of benzene rings is 4. The van der Waals surface area contributed by atoms with Gasteiger partial charge in [-0.1, -0.05) is 81.7 Å². The highest BCUT2D eigenvalue weighted by atomic mass is 35.5. The molecule has 0 bridgehead atoms. The lowest BCUT2D eigenvalue weighted by atomic mass is 9.91. The molecule has 0 amide bonds. The van der Waals surface area contributed by atoms with Crippen molar-refractivity contribution in [2.45, 2.75) is 51.2 Å². The molecule has 296 valence electrons. The summed E-state index contributed by atoms with van der Waals surface area (Å²) in [5.41, 5.74) is 8.24. The maximum Gasteiger partial charge on any atom is 0.341 e. The number of carbonyl (C=O) groups excluding carboxylic acids is 1. The van der Waals surface area contributed by atoms with Crippen LogP contribution < -0.4 is 15.2 Å². The average molecular weight is 873 g/mol. The third-order valence-corrected chi connectivity index (χ3v) is 11.0. The van der Waals surface area contributed by atoms with Gasteiger partial charge in [-0.15, -0.1) is 0 Å². The highest BCUT2D eigenvalue weighted by Crippen LogP contribution is 2.27. The van der Waals surface area contributed by atoms with Gasteiger partial charge in [-0.05, 0) is 142 Å². The summed E-state index contributed by atoms with van der Waals surface area (Å²) in [4.78, 5) is 27.1. The predicted molar refractivity (Wildman–Crippen MR) is 225 cm³/mol. The number of ether oxygens (including phenoxy) is 2. The molecule has 0 spiro atoms. The van der Waals surface area contributed by atoms with E-state index in [0.717, 1.165) is 70.5 Å². The van der Waals surface area contributed by atoms with Crippen LogP contribution >= 0.6 is 69.6 Å². The zero-order valence-electron chi connectivity index (χ0n) is 30.2. The Labute approximate surface area is 353 Å². The Bertz CT molecular complexity index is 1800. The summed E-state index contributed by atoms with van der Waals surface area (Å²) in [5, 5.41) is 12.0. The maximum atomic E-state index is 12.2. The first kappa shape index (κ1) is 44.9. The summed E-state index contributed by atoms with van der Waals surface area (Å²) in [6.07, 6.45) is 4.79. The number of carboxylic acids is 1. The topological polar surface area (TPSA) is 105 Å². The highest BCUT2D eigenvalue weighted by Gasteiger charge is 2.22. The van der Waals surface area contributed by atoms with Crippen molar-refractivity contribution in [3.05, 3.63) is 126 Å². The number of carbonyl (C=O) groups is 2. The van der Waals surface area contributed by atoms with Crippen molar-refractivity contribution in [3.63, 3.8) is 0 Å². The van der Waals surface area contributed by atoms with E-state index in [9.17, 15) is 9.59 Å². The van der Waals surface area contributed by atoms with Gasteiger partial charge in [0, 0.05) is 35.6 Å². The monoisotopic (exact) mass is 869 g/mol. The molecule has 3 N–H and O–H groups in total. The minimum Gasteiger partial charge on any atom is -0.486 e. The molecular formula is C41H45Cl6N3O5. The van der Waals surface area contributed by atoms with E-state index in [0.29, 0.717) is 60.0 Å². The molecule has 0 saturated carbocycles. The molecule has 55 heavy (non-hydrogen) atoms. The van der Waals surface area contributed by atoms with Crippen LogP contribution in [0.15, 0.2) is 84.9 Å². The number of hydrogen-bond acceptors (Lipinski definition) is 7. The lowest BCUT2D eigenvalue weighted by Gasteiger charge is -2.31. The van der Waals surface area contributed by atoms with Crippen LogP contribution in [-0.2, 0) is 22.7 Å².